The average Bonchev–Trinajstić information content (AvgIpc) is 3.45. The first-order valence-electron chi connectivity index (χ1n) is 12.5. The second-order valence-corrected chi connectivity index (χ2v) is 9.87. The molecule has 1 fully saturated rings. The number of fused-ring (bicyclic) bond motifs is 2. The molecule has 8 heteroatoms. The minimum atomic E-state index is -1.09. The molecular formula is C30H25N3O5. The molecule has 1 amide bonds. The summed E-state index contributed by atoms with van der Waals surface area (Å²) in [4.78, 5) is 47.2. The van der Waals surface area contributed by atoms with Crippen molar-refractivity contribution in [2.24, 2.45) is 0 Å². The Morgan fingerprint density at radius 1 is 0.947 bits per heavy atom. The molecule has 1 unspecified atom stereocenters. The van der Waals surface area contributed by atoms with Gasteiger partial charge in [0.25, 0.3) is 5.78 Å². The zero-order valence-corrected chi connectivity index (χ0v) is 20.7. The number of nitrogens with one attached hydrogen (secondary N) is 1. The Morgan fingerprint density at radius 3 is 2.47 bits per heavy atom. The number of ketones is 1. The van der Waals surface area contributed by atoms with E-state index in [9.17, 15) is 24.6 Å². The van der Waals surface area contributed by atoms with E-state index in [0.29, 0.717) is 22.2 Å². The Labute approximate surface area is 218 Å². The number of aromatic amines is 1. The molecule has 1 saturated heterocycles. The van der Waals surface area contributed by atoms with E-state index in [0.717, 1.165) is 36.8 Å². The molecule has 1 atom stereocenters. The molecule has 0 saturated carbocycles. The van der Waals surface area contributed by atoms with Gasteiger partial charge in [-0.1, -0.05) is 42.0 Å². The fraction of sp³-hybridized carbons (Fsp3) is 0.200. The first-order valence-corrected chi connectivity index (χ1v) is 12.5. The lowest BCUT2D eigenvalue weighted by atomic mass is 9.88. The van der Waals surface area contributed by atoms with Crippen molar-refractivity contribution in [2.75, 3.05) is 4.90 Å². The molecule has 3 N–H and O–H groups in total. The van der Waals surface area contributed by atoms with Crippen molar-refractivity contribution in [1.29, 1.82) is 0 Å². The first kappa shape index (κ1) is 23.7. The molecule has 0 spiro atoms. The first-order chi connectivity index (χ1) is 18.3. The highest BCUT2D eigenvalue weighted by molar-refractivity contribution is 6.51. The zero-order valence-electron chi connectivity index (χ0n) is 20.7. The van der Waals surface area contributed by atoms with Gasteiger partial charge in [-0.3, -0.25) is 14.5 Å². The maximum Gasteiger partial charge on any atom is 0.335 e. The second-order valence-electron chi connectivity index (χ2n) is 9.87. The Kier molecular flexibility index (Phi) is 5.60. The van der Waals surface area contributed by atoms with Crippen LogP contribution in [0.1, 0.15) is 57.1 Å². The number of aliphatic hydroxyl groups excluding tert-OH is 1. The third-order valence-electron chi connectivity index (χ3n) is 7.37. The summed E-state index contributed by atoms with van der Waals surface area (Å²) in [5.74, 6) is -2.85. The number of carboxylic acid groups (broad SMARTS) is 1. The molecule has 4 aromatic rings. The molecular weight excluding hydrogens is 482 g/mol. The van der Waals surface area contributed by atoms with Gasteiger partial charge in [0, 0.05) is 5.56 Å². The molecule has 0 bridgehead atoms. The summed E-state index contributed by atoms with van der Waals surface area (Å²) in [6, 6.07) is 16.6. The van der Waals surface area contributed by atoms with Crippen LogP contribution in [-0.2, 0) is 22.4 Å². The van der Waals surface area contributed by atoms with Gasteiger partial charge in [0.05, 0.1) is 28.2 Å². The normalized spacial score (nSPS) is 18.7. The minimum Gasteiger partial charge on any atom is -0.507 e. The Bertz CT molecular complexity index is 1680. The summed E-state index contributed by atoms with van der Waals surface area (Å²) in [5.41, 5.74) is 5.38. The van der Waals surface area contributed by atoms with Crippen LogP contribution in [0.25, 0.3) is 16.8 Å². The van der Waals surface area contributed by atoms with Gasteiger partial charge in [0.1, 0.15) is 5.76 Å². The van der Waals surface area contributed by atoms with Crippen molar-refractivity contribution in [3.63, 3.8) is 0 Å². The topological polar surface area (TPSA) is 124 Å². The van der Waals surface area contributed by atoms with Crippen LogP contribution in [-0.4, -0.2) is 37.8 Å². The van der Waals surface area contributed by atoms with E-state index >= 15 is 0 Å². The number of amides is 1. The largest absolute Gasteiger partial charge is 0.507 e. The maximum atomic E-state index is 13.5. The third kappa shape index (κ3) is 3.85. The van der Waals surface area contributed by atoms with Gasteiger partial charge in [-0.15, -0.1) is 0 Å². The van der Waals surface area contributed by atoms with Gasteiger partial charge in [-0.05, 0) is 73.6 Å². The van der Waals surface area contributed by atoms with Crippen LogP contribution < -0.4 is 4.90 Å². The Balaban J connectivity index is 1.53. The van der Waals surface area contributed by atoms with Crippen molar-refractivity contribution in [3.8, 4) is 0 Å². The van der Waals surface area contributed by atoms with E-state index in [1.165, 1.54) is 22.6 Å². The lowest BCUT2D eigenvalue weighted by molar-refractivity contribution is -0.132. The number of aliphatic hydroxyl groups is 1. The highest BCUT2D eigenvalue weighted by Crippen LogP contribution is 2.42. The van der Waals surface area contributed by atoms with E-state index in [4.69, 9.17) is 0 Å². The quantitative estimate of drug-likeness (QED) is 0.201. The summed E-state index contributed by atoms with van der Waals surface area (Å²) in [5, 5.41) is 20.9. The summed E-state index contributed by atoms with van der Waals surface area (Å²) in [6.07, 6.45) is 4.09. The molecule has 1 aromatic heterocycles. The number of rotatable bonds is 4. The van der Waals surface area contributed by atoms with Gasteiger partial charge >= 0.3 is 11.9 Å². The highest BCUT2D eigenvalue weighted by Gasteiger charge is 2.48. The van der Waals surface area contributed by atoms with E-state index < -0.39 is 23.7 Å². The van der Waals surface area contributed by atoms with Crippen molar-refractivity contribution in [1.82, 2.24) is 9.97 Å². The molecule has 38 heavy (non-hydrogen) atoms. The number of aromatic carboxylic acids is 1. The summed E-state index contributed by atoms with van der Waals surface area (Å²) in [6.45, 7) is 1.91. The van der Waals surface area contributed by atoms with E-state index in [-0.39, 0.29) is 22.8 Å². The molecule has 8 nitrogen and oxygen atoms in total. The molecule has 1 aliphatic carbocycles. The number of aromatic nitrogens is 2. The number of H-pyrrole nitrogens is 1. The number of aryl methyl sites for hydroxylation is 3. The summed E-state index contributed by atoms with van der Waals surface area (Å²) < 4.78 is 0. The van der Waals surface area contributed by atoms with E-state index in [2.05, 4.69) is 9.97 Å². The Hall–Kier alpha value is -4.72. The molecule has 1 aliphatic heterocycles. The van der Waals surface area contributed by atoms with Crippen LogP contribution >= 0.6 is 0 Å². The van der Waals surface area contributed by atoms with E-state index in [1.54, 1.807) is 12.1 Å². The van der Waals surface area contributed by atoms with Crippen molar-refractivity contribution in [2.45, 2.75) is 38.6 Å². The smallest absolute Gasteiger partial charge is 0.335 e. The third-order valence-corrected chi connectivity index (χ3v) is 7.37. The molecule has 3 aromatic carbocycles. The van der Waals surface area contributed by atoms with Crippen LogP contribution in [0.5, 0.6) is 0 Å². The van der Waals surface area contributed by atoms with Crippen LogP contribution in [0.2, 0.25) is 0 Å². The van der Waals surface area contributed by atoms with Gasteiger partial charge in [0.2, 0.25) is 5.95 Å². The lowest BCUT2D eigenvalue weighted by Crippen LogP contribution is -2.30. The highest BCUT2D eigenvalue weighted by atomic mass is 16.4. The van der Waals surface area contributed by atoms with Crippen molar-refractivity contribution >= 4 is 40.4 Å². The summed E-state index contributed by atoms with van der Waals surface area (Å²) in [7, 11) is 0. The molecule has 2 aliphatic rings. The average molecular weight is 508 g/mol. The lowest BCUT2D eigenvalue weighted by Gasteiger charge is -2.23. The standard InChI is InChI=1S/C30H25N3O5/c1-16-5-4-8-19(13-16)25-24(26(34)20-10-9-17-6-2-3-7-18(17)14-20)27(35)28(36)33(25)30-31-22-12-11-21(29(37)38)15-23(22)32-30/h4-5,8-15,25,34H,2-3,6-7H2,1H3,(H,31,32)(H,37,38)/b26-24+. The zero-order chi connectivity index (χ0) is 26.6. The van der Waals surface area contributed by atoms with Crippen LogP contribution in [0.15, 0.2) is 66.2 Å². The Morgan fingerprint density at radius 2 is 1.71 bits per heavy atom. The SMILES string of the molecule is Cc1cccc(C2/C(=C(\O)c3ccc4c(c3)CCCC4)C(=O)C(=O)N2c2nc3ccc(C(=O)O)cc3[nH]2)c1. The van der Waals surface area contributed by atoms with Crippen molar-refractivity contribution in [3.05, 3.63) is 99.6 Å². The molecule has 190 valence electrons. The second kappa shape index (κ2) is 8.99. The number of anilines is 1. The van der Waals surface area contributed by atoms with Crippen molar-refractivity contribution < 1.29 is 24.6 Å². The molecule has 2 heterocycles. The maximum absolute atomic E-state index is 13.5. The number of hydrogen-bond donors (Lipinski definition) is 3. The fourth-order valence-corrected chi connectivity index (χ4v) is 5.49. The monoisotopic (exact) mass is 507 g/mol. The minimum absolute atomic E-state index is 0.0111. The van der Waals surface area contributed by atoms with Crippen LogP contribution in [0.3, 0.4) is 0 Å². The number of nitrogens with zero attached hydrogens (tertiary/aromatic N) is 2. The number of Topliss-reactive ketones (excluding diaryl/α,β-unsaturated/α-hetero) is 1. The number of carbonyl (C=O) groups excluding carboxylic acids is 2. The number of imidazole rings is 1. The molecule has 0 radical (unpaired) electrons. The summed E-state index contributed by atoms with van der Waals surface area (Å²) >= 11 is 0. The molecule has 6 rings (SSSR count). The van der Waals surface area contributed by atoms with Crippen LogP contribution in [0.4, 0.5) is 5.95 Å². The predicted molar refractivity (Wildman–Crippen MR) is 142 cm³/mol. The van der Waals surface area contributed by atoms with Crippen LogP contribution in [0, 0.1) is 6.92 Å². The van der Waals surface area contributed by atoms with Gasteiger partial charge in [0.15, 0.2) is 0 Å². The number of carbonyl (C=O) groups is 3. The van der Waals surface area contributed by atoms with Gasteiger partial charge in [-0.25, -0.2) is 9.78 Å². The van der Waals surface area contributed by atoms with Gasteiger partial charge in [-0.2, -0.15) is 0 Å². The number of benzene rings is 3. The van der Waals surface area contributed by atoms with E-state index in [1.807, 2.05) is 43.3 Å². The fourth-order valence-electron chi connectivity index (χ4n) is 5.49. The van der Waals surface area contributed by atoms with Gasteiger partial charge < -0.3 is 15.2 Å². The number of hydrogen-bond acceptors (Lipinski definition) is 5. The number of carboxylic acids is 1. The predicted octanol–water partition coefficient (Wildman–Crippen LogP) is 5.07.